The summed E-state index contributed by atoms with van der Waals surface area (Å²) in [6.45, 7) is 6.89. The maximum Gasteiger partial charge on any atom is 0.0366 e. The second-order valence-corrected chi connectivity index (χ2v) is 6.28. The molecule has 0 spiro atoms. The van der Waals surface area contributed by atoms with Crippen molar-refractivity contribution in [3.63, 3.8) is 0 Å². The second-order valence-electron chi connectivity index (χ2n) is 6.28. The van der Waals surface area contributed by atoms with Crippen LogP contribution in [0.1, 0.15) is 57.9 Å². The van der Waals surface area contributed by atoms with Crippen molar-refractivity contribution in [1.29, 1.82) is 0 Å². The molecule has 0 aliphatic heterocycles. The molecular formula is C17H27N. The summed E-state index contributed by atoms with van der Waals surface area (Å²) in [4.78, 5) is 2.49. The Morgan fingerprint density at radius 1 is 1.11 bits per heavy atom. The minimum Gasteiger partial charge on any atom is -0.372 e. The van der Waals surface area contributed by atoms with Crippen molar-refractivity contribution in [2.24, 2.45) is 5.92 Å². The number of benzene rings is 1. The van der Waals surface area contributed by atoms with E-state index in [4.69, 9.17) is 0 Å². The van der Waals surface area contributed by atoms with E-state index in [-0.39, 0.29) is 0 Å². The molecule has 2 unspecified atom stereocenters. The molecule has 1 saturated carbocycles. The summed E-state index contributed by atoms with van der Waals surface area (Å²) in [6.07, 6.45) is 5.51. The summed E-state index contributed by atoms with van der Waals surface area (Å²) in [5, 5.41) is 0. The number of anilines is 1. The van der Waals surface area contributed by atoms with Crippen LogP contribution in [0.15, 0.2) is 24.3 Å². The zero-order valence-corrected chi connectivity index (χ0v) is 12.3. The molecule has 1 aromatic rings. The van der Waals surface area contributed by atoms with Crippen molar-refractivity contribution in [2.75, 3.05) is 11.9 Å². The molecule has 1 nitrogen and oxygen atoms in total. The Kier molecular flexibility index (Phi) is 4.31. The van der Waals surface area contributed by atoms with Gasteiger partial charge in [-0.05, 0) is 42.4 Å². The monoisotopic (exact) mass is 245 g/mol. The van der Waals surface area contributed by atoms with Gasteiger partial charge in [-0.25, -0.2) is 0 Å². The first-order valence-corrected chi connectivity index (χ1v) is 7.40. The lowest BCUT2D eigenvalue weighted by atomic mass is 9.86. The smallest absolute Gasteiger partial charge is 0.0366 e. The lowest BCUT2D eigenvalue weighted by molar-refractivity contribution is 0.336. The van der Waals surface area contributed by atoms with E-state index in [0.717, 1.165) is 12.0 Å². The topological polar surface area (TPSA) is 3.24 Å². The van der Waals surface area contributed by atoms with Crippen LogP contribution >= 0.6 is 0 Å². The van der Waals surface area contributed by atoms with Crippen LogP contribution in [0.3, 0.4) is 0 Å². The van der Waals surface area contributed by atoms with E-state index in [9.17, 15) is 0 Å². The lowest BCUT2D eigenvalue weighted by Crippen LogP contribution is -2.35. The van der Waals surface area contributed by atoms with Gasteiger partial charge < -0.3 is 4.90 Å². The first kappa shape index (κ1) is 13.5. The van der Waals surface area contributed by atoms with Gasteiger partial charge in [0.05, 0.1) is 0 Å². The number of hydrogen-bond acceptors (Lipinski definition) is 1. The third kappa shape index (κ3) is 3.07. The van der Waals surface area contributed by atoms with Crippen LogP contribution < -0.4 is 4.90 Å². The number of rotatable bonds is 3. The Morgan fingerprint density at radius 3 is 2.33 bits per heavy atom. The largest absolute Gasteiger partial charge is 0.372 e. The summed E-state index contributed by atoms with van der Waals surface area (Å²) in [5.41, 5.74) is 2.81. The molecule has 0 heterocycles. The lowest BCUT2D eigenvalue weighted by Gasteiger charge is -2.35. The maximum atomic E-state index is 2.49. The van der Waals surface area contributed by atoms with E-state index in [0.29, 0.717) is 5.92 Å². The van der Waals surface area contributed by atoms with Crippen molar-refractivity contribution >= 4 is 5.69 Å². The first-order chi connectivity index (χ1) is 8.58. The molecule has 1 heteroatoms. The molecule has 18 heavy (non-hydrogen) atoms. The van der Waals surface area contributed by atoms with Gasteiger partial charge in [-0.3, -0.25) is 0 Å². The van der Waals surface area contributed by atoms with E-state index in [1.165, 1.54) is 36.9 Å². The highest BCUT2D eigenvalue weighted by atomic mass is 15.1. The quantitative estimate of drug-likeness (QED) is 0.737. The molecule has 0 N–H and O–H groups in total. The normalized spacial score (nSPS) is 24.3. The van der Waals surface area contributed by atoms with E-state index < -0.39 is 0 Å². The minimum absolute atomic E-state index is 0.624. The van der Waals surface area contributed by atoms with Crippen molar-refractivity contribution < 1.29 is 0 Å². The standard InChI is InChI=1S/C17H27N/c1-13(2)15-8-10-16(11-9-15)18(4)17-7-5-6-14(3)12-17/h8-11,13-14,17H,5-7,12H2,1-4H3. The molecule has 0 aromatic heterocycles. The Morgan fingerprint density at radius 2 is 1.78 bits per heavy atom. The minimum atomic E-state index is 0.624. The Hall–Kier alpha value is -0.980. The van der Waals surface area contributed by atoms with Crippen LogP contribution in [0.25, 0.3) is 0 Å². The maximum absolute atomic E-state index is 2.49. The molecule has 0 radical (unpaired) electrons. The van der Waals surface area contributed by atoms with Crippen molar-refractivity contribution in [1.82, 2.24) is 0 Å². The van der Waals surface area contributed by atoms with Crippen LogP contribution in [-0.4, -0.2) is 13.1 Å². The molecule has 1 fully saturated rings. The van der Waals surface area contributed by atoms with E-state index in [1.54, 1.807) is 0 Å². The fourth-order valence-corrected chi connectivity index (χ4v) is 3.06. The molecule has 2 rings (SSSR count). The predicted molar refractivity (Wildman–Crippen MR) is 80.4 cm³/mol. The molecular weight excluding hydrogens is 218 g/mol. The van der Waals surface area contributed by atoms with Gasteiger partial charge >= 0.3 is 0 Å². The fraction of sp³-hybridized carbons (Fsp3) is 0.647. The van der Waals surface area contributed by atoms with Crippen LogP contribution in [0, 0.1) is 5.92 Å². The third-order valence-corrected chi connectivity index (χ3v) is 4.42. The van der Waals surface area contributed by atoms with Crippen molar-refractivity contribution in [3.05, 3.63) is 29.8 Å². The third-order valence-electron chi connectivity index (χ3n) is 4.42. The van der Waals surface area contributed by atoms with E-state index in [1.807, 2.05) is 0 Å². The average Bonchev–Trinajstić information content (AvgIpc) is 2.38. The Labute approximate surface area is 112 Å². The molecule has 0 amide bonds. The number of hydrogen-bond donors (Lipinski definition) is 0. The summed E-state index contributed by atoms with van der Waals surface area (Å²) in [5.74, 6) is 1.51. The van der Waals surface area contributed by atoms with Crippen LogP contribution in [0.5, 0.6) is 0 Å². The molecule has 0 saturated heterocycles. The van der Waals surface area contributed by atoms with Gasteiger partial charge in [-0.15, -0.1) is 0 Å². The van der Waals surface area contributed by atoms with Gasteiger partial charge in [-0.1, -0.05) is 45.7 Å². The zero-order valence-electron chi connectivity index (χ0n) is 12.3. The van der Waals surface area contributed by atoms with Gasteiger partial charge in [-0.2, -0.15) is 0 Å². The molecule has 1 aliphatic rings. The van der Waals surface area contributed by atoms with Crippen LogP contribution in [0.4, 0.5) is 5.69 Å². The predicted octanol–water partition coefficient (Wildman–Crippen LogP) is 4.82. The molecule has 1 aromatic carbocycles. The highest BCUT2D eigenvalue weighted by Crippen LogP contribution is 2.30. The van der Waals surface area contributed by atoms with E-state index in [2.05, 4.69) is 57.0 Å². The highest BCUT2D eigenvalue weighted by molar-refractivity contribution is 5.48. The van der Waals surface area contributed by atoms with Gasteiger partial charge in [0, 0.05) is 18.8 Å². The number of nitrogens with zero attached hydrogens (tertiary/aromatic N) is 1. The first-order valence-electron chi connectivity index (χ1n) is 7.40. The van der Waals surface area contributed by atoms with Gasteiger partial charge in [0.25, 0.3) is 0 Å². The molecule has 0 bridgehead atoms. The van der Waals surface area contributed by atoms with Crippen LogP contribution in [0.2, 0.25) is 0 Å². The van der Waals surface area contributed by atoms with Gasteiger partial charge in [0.2, 0.25) is 0 Å². The fourth-order valence-electron chi connectivity index (χ4n) is 3.06. The second kappa shape index (κ2) is 5.77. The Bertz CT molecular complexity index is 366. The van der Waals surface area contributed by atoms with Crippen LogP contribution in [-0.2, 0) is 0 Å². The average molecular weight is 245 g/mol. The SMILES string of the molecule is CC1CCCC(N(C)c2ccc(C(C)C)cc2)C1. The summed E-state index contributed by atoms with van der Waals surface area (Å²) < 4.78 is 0. The van der Waals surface area contributed by atoms with E-state index >= 15 is 0 Å². The molecule has 100 valence electrons. The molecule has 1 aliphatic carbocycles. The van der Waals surface area contributed by atoms with Crippen molar-refractivity contribution in [2.45, 2.75) is 58.4 Å². The Balaban J connectivity index is 2.05. The van der Waals surface area contributed by atoms with Crippen molar-refractivity contribution in [3.8, 4) is 0 Å². The zero-order chi connectivity index (χ0) is 13.1. The highest BCUT2D eigenvalue weighted by Gasteiger charge is 2.22. The van der Waals surface area contributed by atoms with Gasteiger partial charge in [0.15, 0.2) is 0 Å². The molecule has 2 atom stereocenters. The van der Waals surface area contributed by atoms with Gasteiger partial charge in [0.1, 0.15) is 0 Å². The summed E-state index contributed by atoms with van der Waals surface area (Å²) >= 11 is 0. The summed E-state index contributed by atoms with van der Waals surface area (Å²) in [6, 6.07) is 9.87. The summed E-state index contributed by atoms with van der Waals surface area (Å²) in [7, 11) is 2.26.